The molecule has 0 aromatic heterocycles. The maximum atomic E-state index is 12.0. The number of hydrogen-bond donors (Lipinski definition) is 1. The Balaban J connectivity index is 1.99. The van der Waals surface area contributed by atoms with Gasteiger partial charge in [0.1, 0.15) is 0 Å². The van der Waals surface area contributed by atoms with E-state index in [4.69, 9.17) is 0 Å². The van der Waals surface area contributed by atoms with Crippen LogP contribution in [0.2, 0.25) is 0 Å². The molecular weight excluding hydrogens is 328 g/mol. The minimum absolute atomic E-state index is 0.207. The summed E-state index contributed by atoms with van der Waals surface area (Å²) in [6.45, 7) is 0. The van der Waals surface area contributed by atoms with E-state index < -0.39 is 27.1 Å². The van der Waals surface area contributed by atoms with Crippen molar-refractivity contribution in [1.82, 2.24) is 5.43 Å². The number of non-ortho nitro benzene ring substituents is 2. The standard InChI is InChI=1S/C16H14N4O5/c21-16(18-17-8-4-7-12-5-2-1-3-6-12)13-9-14(19(22)23)11-15(10-13)20(24)25/h1-3,5-6,8-11H,4,7H2,(H,18,21)/b17-8+. The lowest BCUT2D eigenvalue weighted by atomic mass is 10.1. The van der Waals surface area contributed by atoms with Gasteiger partial charge in [-0.1, -0.05) is 30.3 Å². The third kappa shape index (κ3) is 5.20. The molecule has 9 heteroatoms. The van der Waals surface area contributed by atoms with Gasteiger partial charge in [-0.15, -0.1) is 0 Å². The van der Waals surface area contributed by atoms with Gasteiger partial charge < -0.3 is 0 Å². The van der Waals surface area contributed by atoms with Crippen LogP contribution in [0.4, 0.5) is 11.4 Å². The number of nitro benzene ring substituents is 2. The lowest BCUT2D eigenvalue weighted by Gasteiger charge is -2.01. The Kier molecular flexibility index (Phi) is 5.88. The van der Waals surface area contributed by atoms with E-state index in [2.05, 4.69) is 10.5 Å². The van der Waals surface area contributed by atoms with E-state index in [0.29, 0.717) is 6.42 Å². The van der Waals surface area contributed by atoms with Crippen LogP contribution < -0.4 is 5.43 Å². The molecule has 9 nitrogen and oxygen atoms in total. The second-order valence-electron chi connectivity index (χ2n) is 5.03. The van der Waals surface area contributed by atoms with Gasteiger partial charge in [-0.25, -0.2) is 5.43 Å². The summed E-state index contributed by atoms with van der Waals surface area (Å²) in [5, 5.41) is 25.4. The first kappa shape index (κ1) is 17.7. The summed E-state index contributed by atoms with van der Waals surface area (Å²) in [7, 11) is 0. The van der Waals surface area contributed by atoms with E-state index in [1.54, 1.807) is 0 Å². The normalized spacial score (nSPS) is 10.6. The Bertz CT molecular complexity index is 788. The number of benzene rings is 2. The van der Waals surface area contributed by atoms with Gasteiger partial charge in [0.15, 0.2) is 0 Å². The molecule has 0 bridgehead atoms. The Morgan fingerprint density at radius 1 is 1.04 bits per heavy atom. The predicted molar refractivity (Wildman–Crippen MR) is 90.5 cm³/mol. The van der Waals surface area contributed by atoms with E-state index >= 15 is 0 Å². The number of nitrogens with one attached hydrogen (secondary N) is 1. The molecule has 0 unspecified atom stereocenters. The van der Waals surface area contributed by atoms with Crippen molar-refractivity contribution in [2.45, 2.75) is 12.8 Å². The molecule has 0 aliphatic carbocycles. The molecule has 0 aliphatic heterocycles. The number of aryl methyl sites for hydroxylation is 1. The first-order chi connectivity index (χ1) is 12.0. The SMILES string of the molecule is O=C(N/N=C/CCc1ccccc1)c1cc([N+](=O)[O-])cc([N+](=O)[O-])c1. The molecule has 0 fully saturated rings. The summed E-state index contributed by atoms with van der Waals surface area (Å²) in [4.78, 5) is 32.0. The zero-order chi connectivity index (χ0) is 18.2. The van der Waals surface area contributed by atoms with Crippen LogP contribution in [0.1, 0.15) is 22.3 Å². The molecule has 2 aromatic carbocycles. The topological polar surface area (TPSA) is 128 Å². The van der Waals surface area contributed by atoms with Crippen LogP contribution in [-0.4, -0.2) is 22.0 Å². The van der Waals surface area contributed by atoms with E-state index in [1.807, 2.05) is 30.3 Å². The zero-order valence-corrected chi connectivity index (χ0v) is 13.0. The average Bonchev–Trinajstić information content (AvgIpc) is 2.61. The third-order valence-electron chi connectivity index (χ3n) is 3.25. The third-order valence-corrected chi connectivity index (χ3v) is 3.25. The summed E-state index contributed by atoms with van der Waals surface area (Å²) >= 11 is 0. The highest BCUT2D eigenvalue weighted by Gasteiger charge is 2.19. The summed E-state index contributed by atoms with van der Waals surface area (Å²) in [5.74, 6) is -0.761. The van der Waals surface area contributed by atoms with Crippen molar-refractivity contribution in [2.75, 3.05) is 0 Å². The number of carbonyl (C=O) groups excluding carboxylic acids is 1. The quantitative estimate of drug-likeness (QED) is 0.470. The fourth-order valence-electron chi connectivity index (χ4n) is 2.05. The molecule has 2 rings (SSSR count). The van der Waals surface area contributed by atoms with Crippen molar-refractivity contribution < 1.29 is 14.6 Å². The van der Waals surface area contributed by atoms with Gasteiger partial charge in [0.2, 0.25) is 0 Å². The lowest BCUT2D eigenvalue weighted by molar-refractivity contribution is -0.394. The number of amides is 1. The van der Waals surface area contributed by atoms with Gasteiger partial charge in [-0.05, 0) is 18.4 Å². The van der Waals surface area contributed by atoms with Crippen molar-refractivity contribution in [3.05, 3.63) is 79.9 Å². The van der Waals surface area contributed by atoms with Crippen LogP contribution in [0.3, 0.4) is 0 Å². The van der Waals surface area contributed by atoms with Crippen molar-refractivity contribution in [3.8, 4) is 0 Å². The Labute approximate surface area is 142 Å². The maximum Gasteiger partial charge on any atom is 0.277 e. The first-order valence-corrected chi connectivity index (χ1v) is 7.27. The Morgan fingerprint density at radius 2 is 1.64 bits per heavy atom. The molecule has 128 valence electrons. The molecule has 0 aliphatic rings. The number of nitro groups is 2. The highest BCUT2D eigenvalue weighted by Crippen LogP contribution is 2.22. The van der Waals surface area contributed by atoms with Gasteiger partial charge in [0, 0.05) is 18.3 Å². The minimum atomic E-state index is -0.799. The summed E-state index contributed by atoms with van der Waals surface area (Å²) in [5.41, 5.74) is 2.05. The smallest absolute Gasteiger partial charge is 0.267 e. The lowest BCUT2D eigenvalue weighted by Crippen LogP contribution is -2.18. The monoisotopic (exact) mass is 342 g/mol. The largest absolute Gasteiger partial charge is 0.277 e. The number of hydrazone groups is 1. The van der Waals surface area contributed by atoms with E-state index in [9.17, 15) is 25.0 Å². The van der Waals surface area contributed by atoms with Gasteiger partial charge in [0.05, 0.1) is 21.5 Å². The molecule has 0 heterocycles. The van der Waals surface area contributed by atoms with Crippen LogP contribution in [0, 0.1) is 20.2 Å². The first-order valence-electron chi connectivity index (χ1n) is 7.27. The molecule has 0 atom stereocenters. The summed E-state index contributed by atoms with van der Waals surface area (Å²) < 4.78 is 0. The zero-order valence-electron chi connectivity index (χ0n) is 13.0. The van der Waals surface area contributed by atoms with Gasteiger partial charge >= 0.3 is 0 Å². The van der Waals surface area contributed by atoms with E-state index in [-0.39, 0.29) is 5.56 Å². The van der Waals surface area contributed by atoms with Crippen molar-refractivity contribution in [2.24, 2.45) is 5.10 Å². The van der Waals surface area contributed by atoms with Crippen LogP contribution in [0.25, 0.3) is 0 Å². The second kappa shape index (κ2) is 8.29. The molecule has 0 spiro atoms. The van der Waals surface area contributed by atoms with Crippen molar-refractivity contribution in [3.63, 3.8) is 0 Å². The van der Waals surface area contributed by atoms with Crippen molar-refractivity contribution in [1.29, 1.82) is 0 Å². The molecule has 1 amide bonds. The minimum Gasteiger partial charge on any atom is -0.267 e. The number of nitrogens with zero attached hydrogens (tertiary/aromatic N) is 3. The molecule has 0 saturated heterocycles. The number of hydrogen-bond acceptors (Lipinski definition) is 6. The fourth-order valence-corrected chi connectivity index (χ4v) is 2.05. The van der Waals surface area contributed by atoms with Crippen LogP contribution in [-0.2, 0) is 6.42 Å². The Morgan fingerprint density at radius 3 is 2.20 bits per heavy atom. The van der Waals surface area contributed by atoms with Crippen LogP contribution in [0.5, 0.6) is 0 Å². The summed E-state index contributed by atoms with van der Waals surface area (Å²) in [6, 6.07) is 12.4. The van der Waals surface area contributed by atoms with Gasteiger partial charge in [0.25, 0.3) is 17.3 Å². The molecule has 0 saturated carbocycles. The highest BCUT2D eigenvalue weighted by atomic mass is 16.6. The van der Waals surface area contributed by atoms with E-state index in [0.717, 1.165) is 30.2 Å². The summed E-state index contributed by atoms with van der Waals surface area (Å²) in [6.07, 6.45) is 2.82. The van der Waals surface area contributed by atoms with Crippen LogP contribution in [0.15, 0.2) is 53.6 Å². The maximum absolute atomic E-state index is 12.0. The molecule has 25 heavy (non-hydrogen) atoms. The highest BCUT2D eigenvalue weighted by molar-refractivity contribution is 5.95. The Hall–Kier alpha value is -3.62. The average molecular weight is 342 g/mol. The van der Waals surface area contributed by atoms with Crippen LogP contribution >= 0.6 is 0 Å². The molecule has 0 radical (unpaired) electrons. The molecular formula is C16H14N4O5. The van der Waals surface area contributed by atoms with Gasteiger partial charge in [-0.3, -0.25) is 25.0 Å². The van der Waals surface area contributed by atoms with Gasteiger partial charge in [-0.2, -0.15) is 5.10 Å². The number of carbonyl (C=O) groups is 1. The molecule has 1 N–H and O–H groups in total. The fraction of sp³-hybridized carbons (Fsp3) is 0.125. The predicted octanol–water partition coefficient (Wildman–Crippen LogP) is 2.85. The second-order valence-corrected chi connectivity index (χ2v) is 5.03. The van der Waals surface area contributed by atoms with Crippen molar-refractivity contribution >= 4 is 23.5 Å². The number of rotatable bonds is 7. The molecule has 2 aromatic rings. The van der Waals surface area contributed by atoms with E-state index in [1.165, 1.54) is 6.21 Å².